The molecule has 10 atom stereocenters. The summed E-state index contributed by atoms with van der Waals surface area (Å²) in [4.78, 5) is 19.6. The summed E-state index contributed by atoms with van der Waals surface area (Å²) in [5, 5.41) is 14.8. The number of hydrogen-bond donors (Lipinski definition) is 2. The quantitative estimate of drug-likeness (QED) is 0.170. The highest BCUT2D eigenvalue weighted by Gasteiger charge is 2.70. The van der Waals surface area contributed by atoms with Gasteiger partial charge in [-0.1, -0.05) is 76.2 Å². The first kappa shape index (κ1) is 41.6. The molecule has 0 amide bonds. The van der Waals surface area contributed by atoms with Gasteiger partial charge in [0.2, 0.25) is 5.88 Å². The van der Waals surface area contributed by atoms with Crippen LogP contribution in [0.3, 0.4) is 0 Å². The molecule has 8 rings (SSSR count). The molecule has 1 aromatic rings. The maximum atomic E-state index is 12.8. The highest BCUT2D eigenvalue weighted by Crippen LogP contribution is 2.76. The summed E-state index contributed by atoms with van der Waals surface area (Å²) >= 11 is -0.627. The molecule has 5 fully saturated rings. The number of fused-ring (bicyclic) bond motifs is 7. The SMILES string of the molecule is C=C(C)[C@@H]1CC[C@]2(NCCN3CC[S+]([O-])CC3)CC[C@]3(C)[C@H](CC[C@@H]4[C@@]5(C)CC=C(C6=CCC(CCOc7ccccn7)(C(=O)O)CC6)C(C)(C)[C@@H]5CC[C@]43C)[C@@H]12. The van der Waals surface area contributed by atoms with E-state index in [1.807, 2.05) is 18.2 Å². The average Bonchev–Trinajstić information content (AvgIpc) is 3.57. The van der Waals surface area contributed by atoms with Crippen LogP contribution in [0.1, 0.15) is 125 Å². The fourth-order valence-electron chi connectivity index (χ4n) is 15.4. The Morgan fingerprint density at radius 3 is 2.46 bits per heavy atom. The van der Waals surface area contributed by atoms with Crippen molar-refractivity contribution in [3.63, 3.8) is 0 Å². The molecule has 7 nitrogen and oxygen atoms in total. The summed E-state index contributed by atoms with van der Waals surface area (Å²) < 4.78 is 17.9. The van der Waals surface area contributed by atoms with Crippen molar-refractivity contribution in [3.05, 3.63) is 59.8 Å². The molecule has 4 saturated carbocycles. The van der Waals surface area contributed by atoms with Gasteiger partial charge in [-0.2, -0.15) is 0 Å². The summed E-state index contributed by atoms with van der Waals surface area (Å²) in [5.74, 6) is 4.76. The topological polar surface area (TPSA) is 97.8 Å². The molecule has 0 radical (unpaired) electrons. The summed E-state index contributed by atoms with van der Waals surface area (Å²) in [6.45, 7) is 24.6. The molecule has 2 heterocycles. The van der Waals surface area contributed by atoms with Crippen LogP contribution in [0.25, 0.3) is 0 Å². The second-order valence-electron chi connectivity index (χ2n) is 21.3. The zero-order valence-electron chi connectivity index (χ0n) is 36.2. The number of allylic oxidation sites excluding steroid dienone is 5. The monoisotopic (exact) mass is 800 g/mol. The van der Waals surface area contributed by atoms with Crippen molar-refractivity contribution in [2.45, 2.75) is 131 Å². The lowest BCUT2D eigenvalue weighted by atomic mass is 9.33. The number of aromatic nitrogens is 1. The zero-order valence-corrected chi connectivity index (χ0v) is 37.0. The minimum absolute atomic E-state index is 0.0365. The number of nitrogens with zero attached hydrogens (tertiary/aromatic N) is 2. The van der Waals surface area contributed by atoms with Gasteiger partial charge < -0.3 is 19.7 Å². The molecule has 2 N–H and O–H groups in total. The molecular weight excluding hydrogens is 727 g/mol. The van der Waals surface area contributed by atoms with Crippen molar-refractivity contribution in [2.75, 3.05) is 44.3 Å². The summed E-state index contributed by atoms with van der Waals surface area (Å²) in [7, 11) is 0. The fraction of sp³-hybridized carbons (Fsp3) is 0.755. The number of aliphatic carboxylic acids is 1. The normalized spacial score (nSPS) is 41.8. The van der Waals surface area contributed by atoms with Gasteiger partial charge in [0, 0.05) is 44.0 Å². The van der Waals surface area contributed by atoms with E-state index in [4.69, 9.17) is 4.74 Å². The number of nitrogens with one attached hydrogen (secondary N) is 1. The highest BCUT2D eigenvalue weighted by atomic mass is 32.2. The van der Waals surface area contributed by atoms with E-state index in [9.17, 15) is 14.5 Å². The Kier molecular flexibility index (Phi) is 11.2. The van der Waals surface area contributed by atoms with Crippen LogP contribution in [-0.2, 0) is 16.0 Å². The summed E-state index contributed by atoms with van der Waals surface area (Å²) in [5.41, 5.74) is 4.58. The van der Waals surface area contributed by atoms with Crippen LogP contribution >= 0.6 is 0 Å². The number of rotatable bonds is 11. The van der Waals surface area contributed by atoms with E-state index in [-0.39, 0.29) is 16.4 Å². The molecular formula is C49H73N3O4S. The van der Waals surface area contributed by atoms with E-state index in [0.29, 0.717) is 72.2 Å². The molecule has 7 aliphatic rings. The van der Waals surface area contributed by atoms with Gasteiger partial charge in [0.1, 0.15) is 11.5 Å². The lowest BCUT2D eigenvalue weighted by Gasteiger charge is -2.72. The Bertz CT molecular complexity index is 1740. The average molecular weight is 800 g/mol. The van der Waals surface area contributed by atoms with Gasteiger partial charge in [-0.15, -0.1) is 0 Å². The van der Waals surface area contributed by atoms with Crippen LogP contribution in [0.4, 0.5) is 0 Å². The number of pyridine rings is 1. The van der Waals surface area contributed by atoms with Crippen molar-refractivity contribution in [2.24, 2.45) is 56.7 Å². The van der Waals surface area contributed by atoms with Gasteiger partial charge in [-0.25, -0.2) is 4.98 Å². The second-order valence-corrected chi connectivity index (χ2v) is 23.0. The zero-order chi connectivity index (χ0) is 40.4. The van der Waals surface area contributed by atoms with E-state index in [1.54, 1.807) is 6.20 Å². The standard InChI is InChI=1S/C49H73N3O4S/c1-34(2)36-15-22-49(51-27-28-52-29-32-57(55)33-30-52)24-23-46(6)38(42(36)49)11-12-40-45(5)18-16-37(44(3,4)39(45)17-19-47(40,46)7)35-13-20-48(21-14-35,43(53)54)25-31-56-41-10-8-9-26-50-41/h8-10,13,16,26,36,38-40,42,51H,1,11-12,14-15,17-25,27-33H2,2-7H3,(H,53,54)/t36-,38+,39-,40+,42+,45-,46+,47+,48?,49-/m0/s1. The van der Waals surface area contributed by atoms with Gasteiger partial charge in [-0.05, 0) is 159 Å². The van der Waals surface area contributed by atoms with Gasteiger partial charge in [0.05, 0.1) is 12.0 Å². The Morgan fingerprint density at radius 2 is 1.77 bits per heavy atom. The van der Waals surface area contributed by atoms with Crippen LogP contribution in [-0.4, -0.2) is 75.3 Å². The van der Waals surface area contributed by atoms with Crippen LogP contribution in [0.15, 0.2) is 59.8 Å². The second kappa shape index (κ2) is 15.4. The minimum Gasteiger partial charge on any atom is -0.616 e. The van der Waals surface area contributed by atoms with Gasteiger partial charge in [0.15, 0.2) is 0 Å². The Hall–Kier alpha value is -2.13. The van der Waals surface area contributed by atoms with E-state index in [0.717, 1.165) is 50.5 Å². The van der Waals surface area contributed by atoms with Crippen molar-refractivity contribution in [1.82, 2.24) is 15.2 Å². The Balaban J connectivity index is 0.998. The Morgan fingerprint density at radius 1 is 0.982 bits per heavy atom. The van der Waals surface area contributed by atoms with E-state index in [2.05, 4.69) is 75.5 Å². The molecule has 6 aliphatic carbocycles. The van der Waals surface area contributed by atoms with E-state index < -0.39 is 22.6 Å². The molecule has 8 heteroatoms. The molecule has 314 valence electrons. The summed E-state index contributed by atoms with van der Waals surface area (Å²) in [6.07, 6.45) is 20.6. The first-order valence-electron chi connectivity index (χ1n) is 22.7. The number of hydrogen-bond acceptors (Lipinski definition) is 6. The van der Waals surface area contributed by atoms with Crippen molar-refractivity contribution < 1.29 is 19.2 Å². The molecule has 0 aromatic carbocycles. The van der Waals surface area contributed by atoms with E-state index in [1.165, 1.54) is 68.1 Å². The minimum atomic E-state index is -0.793. The highest BCUT2D eigenvalue weighted by molar-refractivity contribution is 7.91. The van der Waals surface area contributed by atoms with Gasteiger partial charge >= 0.3 is 5.97 Å². The maximum absolute atomic E-state index is 12.8. The third-order valence-electron chi connectivity index (χ3n) is 18.7. The van der Waals surface area contributed by atoms with Crippen LogP contribution < -0.4 is 10.1 Å². The van der Waals surface area contributed by atoms with Crippen molar-refractivity contribution in [3.8, 4) is 5.88 Å². The molecule has 1 unspecified atom stereocenters. The molecule has 1 saturated heterocycles. The van der Waals surface area contributed by atoms with Crippen LogP contribution in [0.5, 0.6) is 5.88 Å². The molecule has 1 aromatic heterocycles. The van der Waals surface area contributed by atoms with Crippen LogP contribution in [0.2, 0.25) is 0 Å². The van der Waals surface area contributed by atoms with Crippen molar-refractivity contribution >= 4 is 17.1 Å². The predicted octanol–water partition coefficient (Wildman–Crippen LogP) is 9.63. The van der Waals surface area contributed by atoms with Crippen molar-refractivity contribution in [1.29, 1.82) is 0 Å². The number of carbonyl (C=O) groups is 1. The molecule has 0 bridgehead atoms. The Labute approximate surface area is 347 Å². The number of ether oxygens (including phenoxy) is 1. The third kappa shape index (κ3) is 6.91. The number of carboxylic acid groups (broad SMARTS) is 1. The summed E-state index contributed by atoms with van der Waals surface area (Å²) in [6, 6.07) is 5.58. The van der Waals surface area contributed by atoms with E-state index >= 15 is 0 Å². The first-order chi connectivity index (χ1) is 27.1. The lowest BCUT2D eigenvalue weighted by Crippen LogP contribution is -2.68. The first-order valence-corrected chi connectivity index (χ1v) is 24.2. The molecule has 57 heavy (non-hydrogen) atoms. The fourth-order valence-corrected chi connectivity index (χ4v) is 16.5. The van der Waals surface area contributed by atoms with Gasteiger partial charge in [-0.3, -0.25) is 9.69 Å². The largest absolute Gasteiger partial charge is 0.616 e. The molecule has 0 spiro atoms. The molecule has 1 aliphatic heterocycles. The smallest absolute Gasteiger partial charge is 0.310 e. The van der Waals surface area contributed by atoms with Crippen LogP contribution in [0, 0.1) is 56.7 Å². The maximum Gasteiger partial charge on any atom is 0.310 e. The third-order valence-corrected chi connectivity index (χ3v) is 20.0. The predicted molar refractivity (Wildman–Crippen MR) is 231 cm³/mol. The van der Waals surface area contributed by atoms with Gasteiger partial charge in [0.25, 0.3) is 0 Å². The number of carboxylic acids is 1. The lowest BCUT2D eigenvalue weighted by molar-refractivity contribution is -0.221.